The van der Waals surface area contributed by atoms with Crippen LogP contribution in [0.1, 0.15) is 39.5 Å². The van der Waals surface area contributed by atoms with Gasteiger partial charge in [0.2, 0.25) is 0 Å². The Hall–Kier alpha value is -2.50. The summed E-state index contributed by atoms with van der Waals surface area (Å²) in [4.78, 5) is 14.2. The highest BCUT2D eigenvalue weighted by Gasteiger charge is 2.30. The molecule has 6 heteroatoms. The van der Waals surface area contributed by atoms with Gasteiger partial charge in [-0.3, -0.25) is 0 Å². The smallest absolute Gasteiger partial charge is 0.318 e. The number of nitrogens with zero attached hydrogens (tertiary/aromatic N) is 1. The summed E-state index contributed by atoms with van der Waals surface area (Å²) in [6.45, 7) is 8.05. The van der Waals surface area contributed by atoms with Crippen molar-refractivity contribution < 1.29 is 18.3 Å². The number of rotatable bonds is 6. The van der Waals surface area contributed by atoms with Gasteiger partial charge in [-0.1, -0.05) is 32.9 Å². The molecule has 1 N–H and O–H groups in total. The second-order valence-corrected chi connectivity index (χ2v) is 7.41. The summed E-state index contributed by atoms with van der Waals surface area (Å²) in [6.07, 6.45) is 1.58. The molecule has 0 spiro atoms. The van der Waals surface area contributed by atoms with Gasteiger partial charge in [-0.25, -0.2) is 9.18 Å². The summed E-state index contributed by atoms with van der Waals surface area (Å²) in [5.41, 5.74) is -0.268. The predicted molar refractivity (Wildman–Crippen MR) is 98.6 cm³/mol. The quantitative estimate of drug-likeness (QED) is 0.816. The van der Waals surface area contributed by atoms with Crippen LogP contribution in [0.15, 0.2) is 47.1 Å². The molecule has 0 aliphatic rings. The number of urea groups is 1. The Kier molecular flexibility index (Phi) is 6.29. The first kappa shape index (κ1) is 19.8. The number of nitrogens with one attached hydrogen (secondary N) is 1. The van der Waals surface area contributed by atoms with Crippen molar-refractivity contribution in [1.82, 2.24) is 10.2 Å². The first-order valence-electron chi connectivity index (χ1n) is 8.64. The summed E-state index contributed by atoms with van der Waals surface area (Å²) < 4.78 is 24.7. The number of ether oxygens (including phenoxy) is 1. The highest BCUT2D eigenvalue weighted by molar-refractivity contribution is 5.74. The van der Waals surface area contributed by atoms with Gasteiger partial charge in [0, 0.05) is 7.05 Å². The molecule has 0 radical (unpaired) electrons. The number of amides is 2. The van der Waals surface area contributed by atoms with E-state index in [1.165, 1.54) is 6.07 Å². The Morgan fingerprint density at radius 3 is 2.54 bits per heavy atom. The lowest BCUT2D eigenvalue weighted by Crippen LogP contribution is -2.51. The third kappa shape index (κ3) is 5.00. The van der Waals surface area contributed by atoms with Crippen molar-refractivity contribution in [2.45, 2.75) is 39.8 Å². The number of benzene rings is 1. The molecule has 0 bridgehead atoms. The van der Waals surface area contributed by atoms with Gasteiger partial charge in [0.25, 0.3) is 0 Å². The molecule has 1 aromatic heterocycles. The molecule has 142 valence electrons. The number of halogens is 1. The molecule has 26 heavy (non-hydrogen) atoms. The molecule has 2 atom stereocenters. The minimum Gasteiger partial charge on any atom is -0.488 e. The van der Waals surface area contributed by atoms with Gasteiger partial charge in [0.1, 0.15) is 12.4 Å². The molecule has 0 aliphatic carbocycles. The fourth-order valence-corrected chi connectivity index (χ4v) is 2.39. The van der Waals surface area contributed by atoms with Crippen molar-refractivity contribution >= 4 is 6.03 Å². The fourth-order valence-electron chi connectivity index (χ4n) is 2.39. The third-order valence-corrected chi connectivity index (χ3v) is 4.44. The Labute approximate surface area is 154 Å². The highest BCUT2D eigenvalue weighted by atomic mass is 19.1. The summed E-state index contributed by atoms with van der Waals surface area (Å²) >= 11 is 0. The van der Waals surface area contributed by atoms with Crippen molar-refractivity contribution in [3.63, 3.8) is 0 Å². The molecule has 2 amide bonds. The molecule has 0 saturated heterocycles. The molecular formula is C20H27FN2O3. The maximum atomic E-state index is 13.8. The lowest BCUT2D eigenvalue weighted by atomic mass is 9.87. The average molecular weight is 362 g/mol. The minimum absolute atomic E-state index is 0.166. The molecule has 0 aliphatic heterocycles. The largest absolute Gasteiger partial charge is 0.488 e. The molecule has 2 aromatic rings. The third-order valence-electron chi connectivity index (χ3n) is 4.44. The van der Waals surface area contributed by atoms with Gasteiger partial charge in [-0.05, 0) is 36.6 Å². The topological polar surface area (TPSA) is 54.7 Å². The number of hydrogen-bond donors (Lipinski definition) is 1. The second-order valence-electron chi connectivity index (χ2n) is 7.41. The summed E-state index contributed by atoms with van der Waals surface area (Å²) in [5, 5.41) is 2.99. The molecule has 1 aromatic carbocycles. The van der Waals surface area contributed by atoms with E-state index in [1.807, 2.05) is 33.8 Å². The van der Waals surface area contributed by atoms with Crippen LogP contribution in [0.5, 0.6) is 5.75 Å². The Morgan fingerprint density at radius 1 is 1.27 bits per heavy atom. The van der Waals surface area contributed by atoms with E-state index in [0.717, 1.165) is 0 Å². The zero-order chi connectivity index (χ0) is 19.3. The lowest BCUT2D eigenvalue weighted by Gasteiger charge is -2.34. The van der Waals surface area contributed by atoms with Crippen LogP contribution in [0.3, 0.4) is 0 Å². The van der Waals surface area contributed by atoms with Gasteiger partial charge in [-0.2, -0.15) is 0 Å². The van der Waals surface area contributed by atoms with E-state index in [-0.39, 0.29) is 35.9 Å². The average Bonchev–Trinajstić information content (AvgIpc) is 3.11. The predicted octanol–water partition coefficient (Wildman–Crippen LogP) is 4.61. The number of hydrogen-bond acceptors (Lipinski definition) is 3. The number of carbonyl (C=O) groups excluding carboxylic acids is 1. The van der Waals surface area contributed by atoms with Gasteiger partial charge >= 0.3 is 6.03 Å². The van der Waals surface area contributed by atoms with Crippen LogP contribution in [0.2, 0.25) is 0 Å². The molecule has 2 rings (SSSR count). The SMILES string of the molecule is CC(c1ccco1)N(C)C(=O)NC(COc1ccccc1F)C(C)(C)C. The first-order valence-corrected chi connectivity index (χ1v) is 8.64. The number of furan rings is 1. The number of para-hydroxylation sites is 1. The van der Waals surface area contributed by atoms with E-state index in [9.17, 15) is 9.18 Å². The zero-order valence-corrected chi connectivity index (χ0v) is 16.0. The van der Waals surface area contributed by atoms with E-state index in [4.69, 9.17) is 9.15 Å². The van der Waals surface area contributed by atoms with Crippen LogP contribution >= 0.6 is 0 Å². The minimum atomic E-state index is -0.421. The first-order chi connectivity index (χ1) is 12.2. The van der Waals surface area contributed by atoms with E-state index >= 15 is 0 Å². The normalized spacial score (nSPS) is 13.8. The molecule has 0 saturated carbocycles. The number of carbonyl (C=O) groups is 1. The monoisotopic (exact) mass is 362 g/mol. The fraction of sp³-hybridized carbons (Fsp3) is 0.450. The Morgan fingerprint density at radius 2 is 1.96 bits per heavy atom. The standard InChI is InChI=1S/C20H27FN2O3/c1-14(16-11-8-12-25-16)23(5)19(24)22-18(20(2,3)4)13-26-17-10-7-6-9-15(17)21/h6-12,14,18H,13H2,1-5H3,(H,22,24). The van der Waals surface area contributed by atoms with Crippen molar-refractivity contribution in [3.8, 4) is 5.75 Å². The van der Waals surface area contributed by atoms with Crippen LogP contribution in [-0.2, 0) is 0 Å². The lowest BCUT2D eigenvalue weighted by molar-refractivity contribution is 0.145. The van der Waals surface area contributed by atoms with Crippen LogP contribution < -0.4 is 10.1 Å². The van der Waals surface area contributed by atoms with E-state index < -0.39 is 5.82 Å². The maximum absolute atomic E-state index is 13.8. The molecular weight excluding hydrogens is 335 g/mol. The Bertz CT molecular complexity index is 710. The van der Waals surface area contributed by atoms with Crippen molar-refractivity contribution in [2.24, 2.45) is 5.41 Å². The van der Waals surface area contributed by atoms with Gasteiger partial charge in [0.15, 0.2) is 11.6 Å². The van der Waals surface area contributed by atoms with Crippen LogP contribution in [0, 0.1) is 11.2 Å². The van der Waals surface area contributed by atoms with Crippen molar-refractivity contribution in [3.05, 3.63) is 54.2 Å². The molecule has 0 fully saturated rings. The van der Waals surface area contributed by atoms with Crippen molar-refractivity contribution in [1.29, 1.82) is 0 Å². The highest BCUT2D eigenvalue weighted by Crippen LogP contribution is 2.24. The van der Waals surface area contributed by atoms with Crippen LogP contribution in [0.25, 0.3) is 0 Å². The summed E-state index contributed by atoms with van der Waals surface area (Å²) in [7, 11) is 1.71. The van der Waals surface area contributed by atoms with Gasteiger partial charge < -0.3 is 19.4 Å². The van der Waals surface area contributed by atoms with Crippen LogP contribution in [0.4, 0.5) is 9.18 Å². The summed E-state index contributed by atoms with van der Waals surface area (Å²) in [6, 6.07) is 9.10. The van der Waals surface area contributed by atoms with Crippen LogP contribution in [-0.4, -0.2) is 30.6 Å². The van der Waals surface area contributed by atoms with Crippen molar-refractivity contribution in [2.75, 3.05) is 13.7 Å². The Balaban J connectivity index is 2.03. The van der Waals surface area contributed by atoms with E-state index in [1.54, 1.807) is 42.5 Å². The van der Waals surface area contributed by atoms with E-state index in [0.29, 0.717) is 5.76 Å². The second kappa shape index (κ2) is 8.25. The van der Waals surface area contributed by atoms with Gasteiger partial charge in [-0.15, -0.1) is 0 Å². The van der Waals surface area contributed by atoms with E-state index in [2.05, 4.69) is 5.32 Å². The maximum Gasteiger partial charge on any atom is 0.318 e. The molecule has 1 heterocycles. The van der Waals surface area contributed by atoms with Gasteiger partial charge in [0.05, 0.1) is 18.3 Å². The molecule has 5 nitrogen and oxygen atoms in total. The molecule has 2 unspecified atom stereocenters. The zero-order valence-electron chi connectivity index (χ0n) is 16.0. The summed E-state index contributed by atoms with van der Waals surface area (Å²) in [5.74, 6) is 0.459.